The molecule has 17 heavy (non-hydrogen) atoms. The van der Waals surface area contributed by atoms with Crippen LogP contribution in [-0.2, 0) is 9.59 Å². The molecule has 0 aromatic carbocycles. The topological polar surface area (TPSA) is 61.8 Å². The minimum Gasteiger partial charge on any atom is -0.308 e. The summed E-state index contributed by atoms with van der Waals surface area (Å²) in [6.07, 6.45) is -4.87. The smallest absolute Gasteiger partial charge is 0.308 e. The molecule has 1 rings (SSSR count). The van der Waals surface area contributed by atoms with E-state index in [4.69, 9.17) is 0 Å². The van der Waals surface area contributed by atoms with Crippen LogP contribution in [-0.4, -0.2) is 35.4 Å². The summed E-state index contributed by atoms with van der Waals surface area (Å²) in [5.74, 6) is -1.49. The summed E-state index contributed by atoms with van der Waals surface area (Å²) >= 11 is 0. The van der Waals surface area contributed by atoms with Crippen LogP contribution in [0, 0.1) is 0 Å². The lowest BCUT2D eigenvalue weighted by molar-refractivity contribution is -0.159. The monoisotopic (exact) mass is 249 g/mol. The lowest BCUT2D eigenvalue weighted by atomic mass is 10.3. The molecular weight excluding hydrogens is 239 g/mol. The first-order valence-electron chi connectivity index (χ1n) is 4.60. The van der Waals surface area contributed by atoms with Crippen molar-refractivity contribution >= 4 is 17.6 Å². The number of carbonyl (C=O) groups is 2. The fourth-order valence-electron chi connectivity index (χ4n) is 1.07. The quantitative estimate of drug-likeness (QED) is 0.735. The van der Waals surface area contributed by atoms with Gasteiger partial charge >= 0.3 is 6.18 Å². The summed E-state index contributed by atoms with van der Waals surface area (Å²) < 4.78 is 36.1. The van der Waals surface area contributed by atoms with Crippen LogP contribution in [0.2, 0.25) is 0 Å². The van der Waals surface area contributed by atoms with Crippen LogP contribution in [0.1, 0.15) is 13.3 Å². The molecule has 0 saturated heterocycles. The van der Waals surface area contributed by atoms with Gasteiger partial charge in [0, 0.05) is 5.57 Å². The summed E-state index contributed by atoms with van der Waals surface area (Å²) in [4.78, 5) is 22.3. The third kappa shape index (κ3) is 3.89. The summed E-state index contributed by atoms with van der Waals surface area (Å²) in [5, 5.41) is 5.88. The second kappa shape index (κ2) is 4.56. The second-order valence-corrected chi connectivity index (χ2v) is 3.52. The summed E-state index contributed by atoms with van der Waals surface area (Å²) in [7, 11) is 0. The largest absolute Gasteiger partial charge is 0.408 e. The van der Waals surface area contributed by atoms with Gasteiger partial charge in [-0.05, 0) is 6.92 Å². The lowest BCUT2D eigenvalue weighted by Gasteiger charge is -2.13. The second-order valence-electron chi connectivity index (χ2n) is 3.52. The van der Waals surface area contributed by atoms with Crippen molar-refractivity contribution in [3.8, 4) is 0 Å². The minimum absolute atomic E-state index is 0.104. The maximum absolute atomic E-state index is 12.0. The highest BCUT2D eigenvalue weighted by Gasteiger charge is 2.36. The van der Waals surface area contributed by atoms with Crippen LogP contribution in [0.5, 0.6) is 0 Å². The highest BCUT2D eigenvalue weighted by atomic mass is 19.4. The Bertz CT molecular complexity index is 401. The highest BCUT2D eigenvalue weighted by molar-refractivity contribution is 6.12. The lowest BCUT2D eigenvalue weighted by Crippen LogP contribution is -2.32. The van der Waals surface area contributed by atoms with Crippen molar-refractivity contribution in [3.63, 3.8) is 0 Å². The van der Waals surface area contributed by atoms with Crippen LogP contribution in [0.15, 0.2) is 17.3 Å². The molecule has 94 valence electrons. The molecule has 0 saturated carbocycles. The minimum atomic E-state index is -4.52. The van der Waals surface area contributed by atoms with Crippen molar-refractivity contribution in [1.82, 2.24) is 10.3 Å². The number of hydrogen-bond acceptors (Lipinski definition) is 3. The number of hydrogen-bond donors (Lipinski definition) is 1. The van der Waals surface area contributed by atoms with E-state index in [1.165, 1.54) is 6.92 Å². The number of nitrogens with one attached hydrogen (secondary N) is 1. The van der Waals surface area contributed by atoms with E-state index >= 15 is 0 Å². The van der Waals surface area contributed by atoms with Gasteiger partial charge < -0.3 is 5.32 Å². The first kappa shape index (κ1) is 13.2. The molecule has 0 spiro atoms. The average Bonchev–Trinajstić information content (AvgIpc) is 2.43. The zero-order valence-corrected chi connectivity index (χ0v) is 8.97. The summed E-state index contributed by atoms with van der Waals surface area (Å²) in [6, 6.07) is 0. The van der Waals surface area contributed by atoms with E-state index in [0.717, 1.165) is 0 Å². The Morgan fingerprint density at radius 3 is 2.65 bits per heavy atom. The van der Waals surface area contributed by atoms with E-state index in [2.05, 4.69) is 17.0 Å². The molecule has 8 heteroatoms. The molecule has 0 aromatic heterocycles. The maximum Gasteiger partial charge on any atom is 0.408 e. The average molecular weight is 249 g/mol. The Labute approximate surface area is 95.0 Å². The van der Waals surface area contributed by atoms with E-state index in [-0.39, 0.29) is 22.8 Å². The molecule has 0 aromatic rings. The van der Waals surface area contributed by atoms with E-state index in [9.17, 15) is 22.8 Å². The first-order chi connectivity index (χ1) is 7.69. The van der Waals surface area contributed by atoms with Crippen LogP contribution < -0.4 is 5.32 Å². The van der Waals surface area contributed by atoms with Gasteiger partial charge in [0.1, 0.15) is 12.4 Å². The normalized spacial score (nSPS) is 15.9. The third-order valence-corrected chi connectivity index (χ3v) is 1.82. The molecule has 1 N–H and O–H groups in total. The molecule has 0 unspecified atom stereocenters. The fourth-order valence-corrected chi connectivity index (χ4v) is 1.07. The van der Waals surface area contributed by atoms with Gasteiger partial charge in [-0.15, -0.1) is 0 Å². The standard InChI is InChI=1S/C9H10F3N3O2/c1-5(2)8(17)13-6-3-7(16)15(14-6)4-9(10,11)12/h1,3-4H2,2H3,(H,13,14,17). The van der Waals surface area contributed by atoms with Crippen LogP contribution >= 0.6 is 0 Å². The number of carbonyl (C=O) groups excluding carboxylic acids is 2. The maximum atomic E-state index is 12.0. The number of nitrogens with zero attached hydrogens (tertiary/aromatic N) is 2. The predicted octanol–water partition coefficient (Wildman–Crippen LogP) is 0.787. The Balaban J connectivity index is 2.66. The Morgan fingerprint density at radius 2 is 2.18 bits per heavy atom. The van der Waals surface area contributed by atoms with Gasteiger partial charge in [-0.1, -0.05) is 6.58 Å². The van der Waals surface area contributed by atoms with Crippen molar-refractivity contribution in [1.29, 1.82) is 0 Å². The molecule has 1 aliphatic rings. The number of rotatable bonds is 2. The van der Waals surface area contributed by atoms with Crippen molar-refractivity contribution < 1.29 is 22.8 Å². The van der Waals surface area contributed by atoms with Crippen molar-refractivity contribution in [3.05, 3.63) is 12.2 Å². The van der Waals surface area contributed by atoms with E-state index in [0.29, 0.717) is 0 Å². The molecule has 0 fully saturated rings. The van der Waals surface area contributed by atoms with Crippen molar-refractivity contribution in [2.45, 2.75) is 19.5 Å². The van der Waals surface area contributed by atoms with Gasteiger partial charge in [0.05, 0.1) is 6.42 Å². The first-order valence-corrected chi connectivity index (χ1v) is 4.60. The molecule has 0 radical (unpaired) electrons. The Kier molecular flexibility index (Phi) is 3.54. The molecule has 2 amide bonds. The molecule has 5 nitrogen and oxygen atoms in total. The number of amides is 2. The number of amidine groups is 1. The summed E-state index contributed by atoms with van der Waals surface area (Å²) in [6.45, 7) is 3.32. The van der Waals surface area contributed by atoms with Gasteiger partial charge in [-0.25, -0.2) is 5.01 Å². The predicted molar refractivity (Wildman–Crippen MR) is 52.8 cm³/mol. The third-order valence-electron chi connectivity index (χ3n) is 1.82. The van der Waals surface area contributed by atoms with Gasteiger partial charge in [0.2, 0.25) is 0 Å². The number of alkyl halides is 3. The molecular formula is C9H10F3N3O2. The van der Waals surface area contributed by atoms with Gasteiger partial charge in [0.15, 0.2) is 0 Å². The van der Waals surface area contributed by atoms with Crippen LogP contribution in [0.4, 0.5) is 13.2 Å². The molecule has 0 aliphatic carbocycles. The molecule has 0 atom stereocenters. The van der Waals surface area contributed by atoms with Crippen molar-refractivity contribution in [2.75, 3.05) is 6.54 Å². The van der Waals surface area contributed by atoms with Gasteiger partial charge in [-0.3, -0.25) is 9.59 Å². The van der Waals surface area contributed by atoms with E-state index in [1.54, 1.807) is 0 Å². The molecule has 0 bridgehead atoms. The van der Waals surface area contributed by atoms with E-state index in [1.807, 2.05) is 0 Å². The molecule has 1 heterocycles. The van der Waals surface area contributed by atoms with Crippen LogP contribution in [0.25, 0.3) is 0 Å². The fraction of sp³-hybridized carbons (Fsp3) is 0.444. The SMILES string of the molecule is C=C(C)C(=O)NC1=NN(CC(F)(F)F)C(=O)C1. The zero-order chi connectivity index (χ0) is 13.2. The number of hydrazone groups is 1. The van der Waals surface area contributed by atoms with Gasteiger partial charge in [0.25, 0.3) is 11.8 Å². The summed E-state index contributed by atoms with van der Waals surface area (Å²) in [5.41, 5.74) is 0.175. The zero-order valence-electron chi connectivity index (χ0n) is 8.97. The Morgan fingerprint density at radius 1 is 1.59 bits per heavy atom. The van der Waals surface area contributed by atoms with Crippen molar-refractivity contribution in [2.24, 2.45) is 5.10 Å². The molecule has 1 aliphatic heterocycles. The van der Waals surface area contributed by atoms with Crippen LogP contribution in [0.3, 0.4) is 0 Å². The number of halogens is 3. The van der Waals surface area contributed by atoms with E-state index < -0.39 is 24.5 Å². The highest BCUT2D eigenvalue weighted by Crippen LogP contribution is 2.19. The van der Waals surface area contributed by atoms with Gasteiger partial charge in [-0.2, -0.15) is 18.3 Å². The Hall–Kier alpha value is -1.86.